The first-order chi connectivity index (χ1) is 16.1. The molecule has 6 aromatic rings. The normalized spacial score (nSPS) is 11.7. The Hall–Kier alpha value is -3.85. The van der Waals surface area contributed by atoms with Crippen molar-refractivity contribution in [1.29, 1.82) is 0 Å². The molecule has 0 aliphatic heterocycles. The fourth-order valence-electron chi connectivity index (χ4n) is 4.05. The number of methoxy groups -OCH3 is 1. The third-order valence-corrected chi connectivity index (χ3v) is 6.63. The van der Waals surface area contributed by atoms with Crippen molar-refractivity contribution in [1.82, 2.24) is 29.1 Å². The number of oxazole rings is 1. The zero-order valence-electron chi connectivity index (χ0n) is 18.3. The second-order valence-corrected chi connectivity index (χ2v) is 8.65. The van der Waals surface area contributed by atoms with E-state index in [2.05, 4.69) is 28.5 Å². The molecule has 0 spiro atoms. The lowest BCUT2D eigenvalue weighted by Crippen LogP contribution is -1.99. The summed E-state index contributed by atoms with van der Waals surface area (Å²) < 4.78 is 15.0. The van der Waals surface area contributed by atoms with E-state index in [9.17, 15) is 0 Å². The molecule has 0 radical (unpaired) electrons. The molecular formula is C24H20N6O2S. The van der Waals surface area contributed by atoms with E-state index < -0.39 is 0 Å². The van der Waals surface area contributed by atoms with Gasteiger partial charge in [0.05, 0.1) is 18.2 Å². The quantitative estimate of drug-likeness (QED) is 0.333. The average molecular weight is 457 g/mol. The summed E-state index contributed by atoms with van der Waals surface area (Å²) in [5.74, 6) is 2.07. The van der Waals surface area contributed by atoms with Gasteiger partial charge in [-0.05, 0) is 55.8 Å². The largest absolute Gasteiger partial charge is 0.497 e. The first-order valence-electron chi connectivity index (χ1n) is 10.5. The molecule has 0 saturated carbocycles. The number of nitrogens with zero attached hydrogens (tertiary/aromatic N) is 6. The number of thioether (sulfide) groups is 1. The molecule has 0 atom stereocenters. The summed E-state index contributed by atoms with van der Waals surface area (Å²) in [6.07, 6.45) is 1.72. The predicted octanol–water partition coefficient (Wildman–Crippen LogP) is 5.13. The Morgan fingerprint density at radius 2 is 1.82 bits per heavy atom. The van der Waals surface area contributed by atoms with Crippen LogP contribution in [0.25, 0.3) is 33.5 Å². The highest BCUT2D eigenvalue weighted by atomic mass is 32.2. The van der Waals surface area contributed by atoms with Crippen LogP contribution in [0.2, 0.25) is 0 Å². The second-order valence-electron chi connectivity index (χ2n) is 7.72. The molecule has 0 bridgehead atoms. The van der Waals surface area contributed by atoms with E-state index in [4.69, 9.17) is 19.1 Å². The molecule has 0 aliphatic rings. The van der Waals surface area contributed by atoms with Crippen LogP contribution in [0.4, 0.5) is 0 Å². The molecule has 164 valence electrons. The Bertz CT molecular complexity index is 1600. The lowest BCUT2D eigenvalue weighted by Gasteiger charge is -2.08. The molecule has 9 heteroatoms. The molecule has 33 heavy (non-hydrogen) atoms. The summed E-state index contributed by atoms with van der Waals surface area (Å²) in [6.45, 7) is 4.19. The van der Waals surface area contributed by atoms with E-state index in [1.807, 2.05) is 48.5 Å². The number of fused-ring (bicyclic) bond motifs is 4. The van der Waals surface area contributed by atoms with Gasteiger partial charge in [0.1, 0.15) is 17.6 Å². The van der Waals surface area contributed by atoms with Gasteiger partial charge in [0.2, 0.25) is 0 Å². The Kier molecular flexibility index (Phi) is 4.58. The van der Waals surface area contributed by atoms with E-state index in [1.165, 1.54) is 11.8 Å². The van der Waals surface area contributed by atoms with Crippen molar-refractivity contribution in [3.63, 3.8) is 0 Å². The van der Waals surface area contributed by atoms with E-state index >= 15 is 0 Å². The smallest absolute Gasteiger partial charge is 0.257 e. The minimum Gasteiger partial charge on any atom is -0.497 e. The van der Waals surface area contributed by atoms with Crippen LogP contribution in [0, 0.1) is 13.8 Å². The molecule has 4 heterocycles. The lowest BCUT2D eigenvalue weighted by atomic mass is 10.2. The zero-order valence-corrected chi connectivity index (χ0v) is 19.1. The van der Waals surface area contributed by atoms with Gasteiger partial charge in [0.25, 0.3) is 5.22 Å². The van der Waals surface area contributed by atoms with Crippen LogP contribution >= 0.6 is 11.8 Å². The summed E-state index contributed by atoms with van der Waals surface area (Å²) >= 11 is 1.48. The molecule has 2 aromatic carbocycles. The third kappa shape index (κ3) is 3.23. The van der Waals surface area contributed by atoms with Crippen LogP contribution in [0.3, 0.4) is 0 Å². The van der Waals surface area contributed by atoms with Crippen molar-refractivity contribution >= 4 is 39.5 Å². The number of benzene rings is 2. The van der Waals surface area contributed by atoms with Crippen LogP contribution in [0.5, 0.6) is 5.75 Å². The van der Waals surface area contributed by atoms with E-state index in [0.717, 1.165) is 50.5 Å². The number of ether oxygens (including phenoxy) is 1. The summed E-state index contributed by atoms with van der Waals surface area (Å²) in [6, 6.07) is 15.7. The van der Waals surface area contributed by atoms with Crippen LogP contribution in [-0.2, 0) is 5.75 Å². The Labute approximate surface area is 193 Å². The first-order valence-corrected chi connectivity index (χ1v) is 11.5. The highest BCUT2D eigenvalue weighted by Gasteiger charge is 2.19. The number of aryl methyl sites for hydroxylation is 1. The summed E-state index contributed by atoms with van der Waals surface area (Å²) in [4.78, 5) is 14.1. The Balaban J connectivity index is 1.38. The minimum absolute atomic E-state index is 0.549. The predicted molar refractivity (Wildman–Crippen MR) is 127 cm³/mol. The number of para-hydroxylation sites is 2. The molecular weight excluding hydrogens is 436 g/mol. The number of aromatic nitrogens is 6. The number of rotatable bonds is 5. The number of hydrogen-bond acceptors (Lipinski definition) is 7. The maximum absolute atomic E-state index is 5.80. The second kappa shape index (κ2) is 7.63. The van der Waals surface area contributed by atoms with Crippen molar-refractivity contribution in [3.8, 4) is 11.4 Å². The molecule has 0 saturated heterocycles. The van der Waals surface area contributed by atoms with Gasteiger partial charge in [-0.25, -0.2) is 19.5 Å². The Morgan fingerprint density at radius 1 is 1.00 bits per heavy atom. The van der Waals surface area contributed by atoms with E-state index in [0.29, 0.717) is 16.8 Å². The topological polar surface area (TPSA) is 83.3 Å². The van der Waals surface area contributed by atoms with Crippen molar-refractivity contribution in [2.45, 2.75) is 24.8 Å². The van der Waals surface area contributed by atoms with Gasteiger partial charge in [-0.1, -0.05) is 23.9 Å². The number of hydrogen-bond donors (Lipinski definition) is 0. The maximum Gasteiger partial charge on any atom is 0.257 e. The van der Waals surface area contributed by atoms with E-state index in [1.54, 1.807) is 18.0 Å². The molecule has 0 N–H and O–H groups in total. The summed E-state index contributed by atoms with van der Waals surface area (Å²) in [5, 5.41) is 6.24. The molecule has 0 aliphatic carbocycles. The third-order valence-electron chi connectivity index (χ3n) is 5.81. The highest BCUT2D eigenvalue weighted by molar-refractivity contribution is 7.98. The van der Waals surface area contributed by atoms with Gasteiger partial charge >= 0.3 is 0 Å². The molecule has 0 amide bonds. The summed E-state index contributed by atoms with van der Waals surface area (Å²) in [5.41, 5.74) is 6.54. The van der Waals surface area contributed by atoms with Crippen molar-refractivity contribution in [2.75, 3.05) is 7.11 Å². The Morgan fingerprint density at radius 3 is 2.61 bits per heavy atom. The molecule has 4 aromatic heterocycles. The van der Waals surface area contributed by atoms with Gasteiger partial charge in [-0.2, -0.15) is 0 Å². The van der Waals surface area contributed by atoms with Crippen LogP contribution in [-0.4, -0.2) is 36.2 Å². The first kappa shape index (κ1) is 19.8. The van der Waals surface area contributed by atoms with Crippen LogP contribution in [0.15, 0.2) is 64.5 Å². The minimum atomic E-state index is 0.549. The van der Waals surface area contributed by atoms with Crippen molar-refractivity contribution in [2.24, 2.45) is 0 Å². The van der Waals surface area contributed by atoms with Crippen LogP contribution < -0.4 is 4.74 Å². The van der Waals surface area contributed by atoms with Gasteiger partial charge in [-0.15, -0.1) is 5.10 Å². The fraction of sp³-hybridized carbons (Fsp3) is 0.167. The monoisotopic (exact) mass is 456 g/mol. The molecule has 0 unspecified atom stereocenters. The maximum atomic E-state index is 5.80. The van der Waals surface area contributed by atoms with Gasteiger partial charge < -0.3 is 9.15 Å². The highest BCUT2D eigenvalue weighted by Crippen LogP contribution is 2.31. The summed E-state index contributed by atoms with van der Waals surface area (Å²) in [7, 11) is 1.67. The fourth-order valence-corrected chi connectivity index (χ4v) is 4.74. The SMILES string of the molecule is COc1ccc(-n2c(C)c(C)c3c2ncn2nc(CSc4nc5ccccc5o4)nc32)cc1. The lowest BCUT2D eigenvalue weighted by molar-refractivity contribution is 0.415. The molecule has 0 fully saturated rings. The van der Waals surface area contributed by atoms with Gasteiger partial charge in [0, 0.05) is 11.4 Å². The average Bonchev–Trinajstić information content (AvgIpc) is 3.52. The van der Waals surface area contributed by atoms with Gasteiger partial charge in [-0.3, -0.25) is 4.57 Å². The van der Waals surface area contributed by atoms with Crippen LogP contribution in [0.1, 0.15) is 17.1 Å². The standard InChI is InChI=1S/C24H20N6O2S/c1-14-15(2)30(16-8-10-17(31-3)11-9-16)22-21(14)23-27-20(28-29(23)13-25-22)12-33-24-26-18-6-4-5-7-19(18)32-24/h4-11,13H,12H2,1-3H3. The zero-order chi connectivity index (χ0) is 22.5. The van der Waals surface area contributed by atoms with Gasteiger partial charge in [0.15, 0.2) is 22.7 Å². The van der Waals surface area contributed by atoms with E-state index in [-0.39, 0.29) is 0 Å². The van der Waals surface area contributed by atoms with Crippen molar-refractivity contribution < 1.29 is 9.15 Å². The molecule has 6 rings (SSSR count). The van der Waals surface area contributed by atoms with Crippen molar-refractivity contribution in [3.05, 3.63) is 71.9 Å². The molecule has 8 nitrogen and oxygen atoms in total.